The van der Waals surface area contributed by atoms with Crippen LogP contribution in [0.2, 0.25) is 0 Å². The Morgan fingerprint density at radius 3 is 2.64 bits per heavy atom. The van der Waals surface area contributed by atoms with E-state index in [4.69, 9.17) is 0 Å². The summed E-state index contributed by atoms with van der Waals surface area (Å²) >= 11 is 0. The van der Waals surface area contributed by atoms with Crippen LogP contribution in [0.4, 0.5) is 0 Å². The summed E-state index contributed by atoms with van der Waals surface area (Å²) in [6, 6.07) is 3.04. The van der Waals surface area contributed by atoms with Crippen molar-refractivity contribution in [3.05, 3.63) is 52.0 Å². The van der Waals surface area contributed by atoms with Crippen molar-refractivity contribution >= 4 is 5.91 Å². The number of amides is 1. The van der Waals surface area contributed by atoms with Gasteiger partial charge in [0.2, 0.25) is 5.56 Å². The van der Waals surface area contributed by atoms with Gasteiger partial charge in [-0.25, -0.2) is 4.98 Å². The summed E-state index contributed by atoms with van der Waals surface area (Å²) in [6.07, 6.45) is 5.46. The van der Waals surface area contributed by atoms with Crippen molar-refractivity contribution in [2.45, 2.75) is 25.8 Å². The quantitative estimate of drug-likeness (QED) is 0.842. The fraction of sp³-hybridized carbons (Fsp3) is 0.438. The van der Waals surface area contributed by atoms with Crippen LogP contribution in [0.1, 0.15) is 40.8 Å². The molecule has 1 atom stereocenters. The summed E-state index contributed by atoms with van der Waals surface area (Å²) in [4.78, 5) is 30.7. The van der Waals surface area contributed by atoms with Gasteiger partial charge in [0.15, 0.2) is 0 Å². The number of pyridine rings is 1. The summed E-state index contributed by atoms with van der Waals surface area (Å²) < 4.78 is 3.43. The lowest BCUT2D eigenvalue weighted by Crippen LogP contribution is -2.32. The van der Waals surface area contributed by atoms with Gasteiger partial charge >= 0.3 is 0 Å². The lowest BCUT2D eigenvalue weighted by atomic mass is 10.2. The molecule has 0 spiro atoms. The maximum atomic E-state index is 12.8. The molecule has 0 saturated carbocycles. The zero-order chi connectivity index (χ0) is 15.9. The second kappa shape index (κ2) is 5.44. The molecule has 22 heavy (non-hydrogen) atoms. The third kappa shape index (κ3) is 2.45. The Morgan fingerprint density at radius 1 is 1.23 bits per heavy atom. The van der Waals surface area contributed by atoms with Crippen molar-refractivity contribution in [3.63, 3.8) is 0 Å². The monoisotopic (exact) mass is 300 g/mol. The summed E-state index contributed by atoms with van der Waals surface area (Å²) in [5.41, 5.74) is 1.38. The van der Waals surface area contributed by atoms with Gasteiger partial charge in [-0.15, -0.1) is 0 Å². The van der Waals surface area contributed by atoms with Gasteiger partial charge in [-0.3, -0.25) is 9.59 Å². The third-order valence-electron chi connectivity index (χ3n) is 4.18. The Bertz CT molecular complexity index is 775. The maximum Gasteiger partial charge on any atom is 0.255 e. The van der Waals surface area contributed by atoms with Crippen LogP contribution in [-0.2, 0) is 14.1 Å². The van der Waals surface area contributed by atoms with Gasteiger partial charge in [-0.05, 0) is 25.8 Å². The molecule has 3 heterocycles. The normalized spacial score (nSPS) is 18.0. The zero-order valence-corrected chi connectivity index (χ0v) is 13.1. The van der Waals surface area contributed by atoms with Crippen molar-refractivity contribution in [2.75, 3.05) is 6.54 Å². The van der Waals surface area contributed by atoms with E-state index in [1.807, 2.05) is 29.6 Å². The first-order valence-electron chi connectivity index (χ1n) is 7.45. The molecule has 1 saturated heterocycles. The number of hydrogen-bond acceptors (Lipinski definition) is 3. The summed E-state index contributed by atoms with van der Waals surface area (Å²) in [6.45, 7) is 2.68. The number of carbonyl (C=O) groups excluding carboxylic acids is 1. The number of aromatic nitrogens is 3. The van der Waals surface area contributed by atoms with E-state index < -0.39 is 0 Å². The Kier molecular flexibility index (Phi) is 3.60. The van der Waals surface area contributed by atoms with Crippen molar-refractivity contribution in [2.24, 2.45) is 14.1 Å². The fourth-order valence-corrected chi connectivity index (χ4v) is 3.11. The van der Waals surface area contributed by atoms with Crippen LogP contribution in [0, 0.1) is 6.92 Å². The molecule has 0 unspecified atom stereocenters. The van der Waals surface area contributed by atoms with Gasteiger partial charge in [0.1, 0.15) is 5.82 Å². The van der Waals surface area contributed by atoms with Gasteiger partial charge in [-0.1, -0.05) is 0 Å². The SMILES string of the molecule is Cc1cn(C)c([C@H]2CCCN2C(=O)c2ccc(=O)n(C)c2)n1. The Labute approximate surface area is 129 Å². The Hall–Kier alpha value is -2.37. The predicted molar refractivity (Wildman–Crippen MR) is 82.6 cm³/mol. The first kappa shape index (κ1) is 14.6. The van der Waals surface area contributed by atoms with Crippen LogP contribution in [0.15, 0.2) is 29.3 Å². The molecule has 0 bridgehead atoms. The number of imidazole rings is 1. The molecule has 0 radical (unpaired) electrons. The molecule has 2 aromatic rings. The van der Waals surface area contributed by atoms with E-state index in [9.17, 15) is 9.59 Å². The van der Waals surface area contributed by atoms with Crippen LogP contribution in [0.3, 0.4) is 0 Å². The summed E-state index contributed by atoms with van der Waals surface area (Å²) in [7, 11) is 3.62. The molecule has 1 aliphatic heterocycles. The highest BCUT2D eigenvalue weighted by Crippen LogP contribution is 2.32. The molecular formula is C16H20N4O2. The molecule has 1 amide bonds. The molecular weight excluding hydrogens is 280 g/mol. The topological polar surface area (TPSA) is 60.1 Å². The van der Waals surface area contributed by atoms with E-state index in [-0.39, 0.29) is 17.5 Å². The first-order chi connectivity index (χ1) is 10.5. The van der Waals surface area contributed by atoms with Crippen LogP contribution < -0.4 is 5.56 Å². The van der Waals surface area contributed by atoms with E-state index in [1.54, 1.807) is 19.3 Å². The standard InChI is InChI=1S/C16H20N4O2/c1-11-9-19(3)15(17-11)13-5-4-8-20(13)16(22)12-6-7-14(21)18(2)10-12/h6-7,9-10,13H,4-5,8H2,1-3H3/t13-/m1/s1. The van der Waals surface area contributed by atoms with Gasteiger partial charge in [-0.2, -0.15) is 0 Å². The molecule has 0 aromatic carbocycles. The van der Waals surface area contributed by atoms with Crippen molar-refractivity contribution < 1.29 is 4.79 Å². The minimum atomic E-state index is -0.116. The Balaban J connectivity index is 1.92. The van der Waals surface area contributed by atoms with Gasteiger partial charge in [0.05, 0.1) is 17.3 Å². The number of aryl methyl sites for hydroxylation is 3. The third-order valence-corrected chi connectivity index (χ3v) is 4.18. The summed E-state index contributed by atoms with van der Waals surface area (Å²) in [5, 5.41) is 0. The molecule has 2 aromatic heterocycles. The second-order valence-electron chi connectivity index (χ2n) is 5.87. The molecule has 3 rings (SSSR count). The van der Waals surface area contributed by atoms with Crippen LogP contribution in [-0.4, -0.2) is 31.5 Å². The van der Waals surface area contributed by atoms with Gasteiger partial charge < -0.3 is 14.0 Å². The van der Waals surface area contributed by atoms with E-state index >= 15 is 0 Å². The number of carbonyl (C=O) groups is 1. The predicted octanol–water partition coefficient (Wildman–Crippen LogP) is 1.40. The van der Waals surface area contributed by atoms with Crippen LogP contribution >= 0.6 is 0 Å². The van der Waals surface area contributed by atoms with Crippen LogP contribution in [0.25, 0.3) is 0 Å². The number of hydrogen-bond donors (Lipinski definition) is 0. The van der Waals surface area contributed by atoms with Crippen LogP contribution in [0.5, 0.6) is 0 Å². The average molecular weight is 300 g/mol. The van der Waals surface area contributed by atoms with E-state index in [0.717, 1.165) is 30.9 Å². The van der Waals surface area contributed by atoms with Crippen molar-refractivity contribution in [3.8, 4) is 0 Å². The number of rotatable bonds is 2. The van der Waals surface area contributed by atoms with E-state index in [0.29, 0.717) is 5.56 Å². The van der Waals surface area contributed by atoms with Crippen molar-refractivity contribution in [1.82, 2.24) is 19.0 Å². The minimum Gasteiger partial charge on any atom is -0.336 e. The highest BCUT2D eigenvalue weighted by Gasteiger charge is 2.33. The second-order valence-corrected chi connectivity index (χ2v) is 5.87. The van der Waals surface area contributed by atoms with E-state index in [2.05, 4.69) is 4.98 Å². The zero-order valence-electron chi connectivity index (χ0n) is 13.1. The lowest BCUT2D eigenvalue weighted by Gasteiger charge is -2.24. The Morgan fingerprint density at radius 2 is 2.00 bits per heavy atom. The molecule has 0 N–H and O–H groups in total. The molecule has 0 aliphatic carbocycles. The maximum absolute atomic E-state index is 12.8. The largest absolute Gasteiger partial charge is 0.336 e. The molecule has 6 heteroatoms. The number of nitrogens with zero attached hydrogens (tertiary/aromatic N) is 4. The van der Waals surface area contributed by atoms with Crippen molar-refractivity contribution in [1.29, 1.82) is 0 Å². The fourth-order valence-electron chi connectivity index (χ4n) is 3.11. The van der Waals surface area contributed by atoms with E-state index in [1.165, 1.54) is 10.6 Å². The molecule has 1 fully saturated rings. The summed E-state index contributed by atoms with van der Waals surface area (Å²) in [5.74, 6) is 0.881. The molecule has 6 nitrogen and oxygen atoms in total. The highest BCUT2D eigenvalue weighted by atomic mass is 16.2. The minimum absolute atomic E-state index is 0.00318. The molecule has 1 aliphatic rings. The first-order valence-corrected chi connectivity index (χ1v) is 7.45. The average Bonchev–Trinajstić information content (AvgIpc) is 3.07. The highest BCUT2D eigenvalue weighted by molar-refractivity contribution is 5.94. The van der Waals surface area contributed by atoms with Gasteiger partial charge in [0.25, 0.3) is 5.91 Å². The lowest BCUT2D eigenvalue weighted by molar-refractivity contribution is 0.0727. The molecule has 116 valence electrons. The number of likely N-dealkylation sites (tertiary alicyclic amines) is 1. The van der Waals surface area contributed by atoms with Gasteiger partial charge in [0, 0.05) is 39.1 Å². The smallest absolute Gasteiger partial charge is 0.255 e.